The van der Waals surface area contributed by atoms with Gasteiger partial charge in [0.05, 0.1) is 18.9 Å². The Balaban J connectivity index is 1.33. The molecular formula is C28H32N10O3. The van der Waals surface area contributed by atoms with Gasteiger partial charge >= 0.3 is 6.03 Å². The minimum atomic E-state index is -0.404. The fraction of sp³-hybridized carbons (Fsp3) is 0.357. The number of carbonyl (C=O) groups excluding carboxylic acids is 2. The van der Waals surface area contributed by atoms with Crippen LogP contribution in [-0.4, -0.2) is 106 Å². The zero-order valence-corrected chi connectivity index (χ0v) is 23.1. The SMILES string of the molecule is Cc1ccc(C(=O)N2CCN(C)CC2)cc1NC(=O)n1ccc2c(-c3cnc(N)nc3)nc(N3CCOCC3)nc21. The van der Waals surface area contributed by atoms with Crippen molar-refractivity contribution < 1.29 is 14.3 Å². The molecular weight excluding hydrogens is 524 g/mol. The molecule has 0 spiro atoms. The highest BCUT2D eigenvalue weighted by Gasteiger charge is 2.23. The summed E-state index contributed by atoms with van der Waals surface area (Å²) in [6.45, 7) is 7.29. The summed E-state index contributed by atoms with van der Waals surface area (Å²) in [4.78, 5) is 50.8. The van der Waals surface area contributed by atoms with Crippen LogP contribution in [0.4, 0.5) is 22.4 Å². The summed E-state index contributed by atoms with van der Waals surface area (Å²) < 4.78 is 6.96. The monoisotopic (exact) mass is 556 g/mol. The lowest BCUT2D eigenvalue weighted by atomic mass is 10.1. The summed E-state index contributed by atoms with van der Waals surface area (Å²) >= 11 is 0. The molecule has 0 aliphatic carbocycles. The minimum Gasteiger partial charge on any atom is -0.378 e. The fourth-order valence-corrected chi connectivity index (χ4v) is 5.01. The van der Waals surface area contributed by atoms with Crippen molar-refractivity contribution in [2.24, 2.45) is 0 Å². The van der Waals surface area contributed by atoms with E-state index in [0.717, 1.165) is 18.7 Å². The number of aryl methyl sites for hydroxylation is 1. The Bertz CT molecular complexity index is 1590. The highest BCUT2D eigenvalue weighted by Crippen LogP contribution is 2.29. The summed E-state index contributed by atoms with van der Waals surface area (Å²) in [5.74, 6) is 0.600. The van der Waals surface area contributed by atoms with Gasteiger partial charge in [-0.1, -0.05) is 6.07 Å². The zero-order valence-electron chi connectivity index (χ0n) is 23.1. The molecule has 3 N–H and O–H groups in total. The van der Waals surface area contributed by atoms with Gasteiger partial charge in [0, 0.05) is 80.1 Å². The summed E-state index contributed by atoms with van der Waals surface area (Å²) in [5, 5.41) is 3.65. The smallest absolute Gasteiger partial charge is 0.331 e. The Morgan fingerprint density at radius 3 is 2.44 bits per heavy atom. The van der Waals surface area contributed by atoms with Gasteiger partial charge in [0.1, 0.15) is 0 Å². The number of hydrogen-bond acceptors (Lipinski definition) is 10. The Morgan fingerprint density at radius 2 is 1.71 bits per heavy atom. The quantitative estimate of drug-likeness (QED) is 0.383. The molecule has 0 unspecified atom stereocenters. The second-order valence-electron chi connectivity index (χ2n) is 10.3. The number of benzene rings is 1. The molecule has 2 saturated heterocycles. The van der Waals surface area contributed by atoms with Crippen LogP contribution < -0.4 is 16.0 Å². The molecule has 3 aromatic heterocycles. The van der Waals surface area contributed by atoms with Crippen LogP contribution in [-0.2, 0) is 4.74 Å². The van der Waals surface area contributed by atoms with E-state index in [-0.39, 0.29) is 11.9 Å². The number of nitrogens with zero attached hydrogens (tertiary/aromatic N) is 8. The molecule has 0 saturated carbocycles. The summed E-state index contributed by atoms with van der Waals surface area (Å²) in [7, 11) is 2.05. The third kappa shape index (κ3) is 5.41. The highest BCUT2D eigenvalue weighted by atomic mass is 16.5. The third-order valence-corrected chi connectivity index (χ3v) is 7.51. The molecule has 212 valence electrons. The summed E-state index contributed by atoms with van der Waals surface area (Å²) in [5.41, 5.74) is 9.34. The Hall–Kier alpha value is -4.62. The normalized spacial score (nSPS) is 16.2. The van der Waals surface area contributed by atoms with Gasteiger partial charge in [0.2, 0.25) is 11.9 Å². The first-order valence-electron chi connectivity index (χ1n) is 13.6. The lowest BCUT2D eigenvalue weighted by Gasteiger charge is -2.32. The number of nitrogen functional groups attached to an aromatic ring is 1. The number of aromatic nitrogens is 5. The molecule has 13 nitrogen and oxygen atoms in total. The van der Waals surface area contributed by atoms with Crippen LogP contribution in [0.1, 0.15) is 15.9 Å². The summed E-state index contributed by atoms with van der Waals surface area (Å²) in [6.07, 6.45) is 4.88. The molecule has 41 heavy (non-hydrogen) atoms. The molecule has 2 aliphatic heterocycles. The lowest BCUT2D eigenvalue weighted by Crippen LogP contribution is -2.47. The van der Waals surface area contributed by atoms with Crippen molar-refractivity contribution in [2.75, 3.05) is 75.5 Å². The fourth-order valence-electron chi connectivity index (χ4n) is 5.01. The van der Waals surface area contributed by atoms with Crippen molar-refractivity contribution in [3.63, 3.8) is 0 Å². The number of morpholine rings is 1. The second kappa shape index (κ2) is 11.1. The molecule has 1 aromatic carbocycles. The van der Waals surface area contributed by atoms with E-state index in [1.807, 2.05) is 29.8 Å². The molecule has 2 amide bonds. The van der Waals surface area contributed by atoms with Crippen molar-refractivity contribution >= 4 is 40.6 Å². The largest absolute Gasteiger partial charge is 0.378 e. The maximum atomic E-state index is 13.7. The predicted molar refractivity (Wildman–Crippen MR) is 155 cm³/mol. The third-order valence-electron chi connectivity index (χ3n) is 7.51. The number of piperazine rings is 1. The standard InChI is InChI=1S/C28H32N10O3/c1-18-3-4-19(25(39)36-9-7-35(2)8-10-36)15-22(18)32-28(40)38-6-5-21-23(20-16-30-26(29)31-17-20)33-27(34-24(21)38)37-11-13-41-14-12-37/h3-6,15-17H,7-14H2,1-2H3,(H,32,40)(H2,29,30,31). The van der Waals surface area contributed by atoms with Crippen LogP contribution in [0.5, 0.6) is 0 Å². The van der Waals surface area contributed by atoms with Crippen molar-refractivity contribution in [3.8, 4) is 11.3 Å². The van der Waals surface area contributed by atoms with E-state index in [2.05, 4.69) is 20.2 Å². The van der Waals surface area contributed by atoms with Gasteiger partial charge < -0.3 is 30.5 Å². The van der Waals surface area contributed by atoms with Gasteiger partial charge in [-0.3, -0.25) is 9.36 Å². The van der Waals surface area contributed by atoms with Gasteiger partial charge in [0.15, 0.2) is 5.65 Å². The summed E-state index contributed by atoms with van der Waals surface area (Å²) in [6, 6.07) is 6.79. The molecule has 0 bridgehead atoms. The molecule has 0 atom stereocenters. The van der Waals surface area contributed by atoms with Crippen LogP contribution in [0.2, 0.25) is 0 Å². The van der Waals surface area contributed by atoms with Crippen LogP contribution in [0.3, 0.4) is 0 Å². The Kier molecular flexibility index (Phi) is 7.20. The van der Waals surface area contributed by atoms with Crippen molar-refractivity contribution in [1.29, 1.82) is 0 Å². The number of ether oxygens (including phenoxy) is 1. The number of likely N-dealkylation sites (N-methyl/N-ethyl adjacent to an activating group) is 1. The zero-order chi connectivity index (χ0) is 28.5. The Labute approximate surface area is 236 Å². The molecule has 2 aliphatic rings. The first kappa shape index (κ1) is 26.6. The molecule has 6 rings (SSSR count). The number of rotatable bonds is 4. The van der Waals surface area contributed by atoms with Gasteiger partial charge in [-0.15, -0.1) is 0 Å². The van der Waals surface area contributed by atoms with Gasteiger partial charge in [-0.2, -0.15) is 4.98 Å². The molecule has 5 heterocycles. The number of nitrogens with one attached hydrogen (secondary N) is 1. The molecule has 13 heteroatoms. The first-order chi connectivity index (χ1) is 19.9. The average Bonchev–Trinajstić information content (AvgIpc) is 3.43. The van der Waals surface area contributed by atoms with E-state index >= 15 is 0 Å². The molecule has 2 fully saturated rings. The number of carbonyl (C=O) groups is 2. The van der Waals surface area contributed by atoms with E-state index in [1.165, 1.54) is 4.57 Å². The molecule has 4 aromatic rings. The minimum absolute atomic E-state index is 0.0433. The maximum Gasteiger partial charge on any atom is 0.331 e. The van der Waals surface area contributed by atoms with Crippen LogP contribution in [0.15, 0.2) is 42.9 Å². The number of nitrogens with two attached hydrogens (primary N) is 1. The van der Waals surface area contributed by atoms with E-state index in [1.54, 1.807) is 36.8 Å². The predicted octanol–water partition coefficient (Wildman–Crippen LogP) is 2.08. The lowest BCUT2D eigenvalue weighted by molar-refractivity contribution is 0.0664. The van der Waals surface area contributed by atoms with E-state index in [0.29, 0.717) is 78.9 Å². The molecule has 0 radical (unpaired) electrons. The second-order valence-corrected chi connectivity index (χ2v) is 10.3. The first-order valence-corrected chi connectivity index (χ1v) is 13.6. The number of amides is 2. The van der Waals surface area contributed by atoms with E-state index in [4.69, 9.17) is 20.4 Å². The Morgan fingerprint density at radius 1 is 0.976 bits per heavy atom. The average molecular weight is 557 g/mol. The number of fused-ring (bicyclic) bond motifs is 1. The van der Waals surface area contributed by atoms with Crippen molar-refractivity contribution in [1.82, 2.24) is 34.3 Å². The van der Waals surface area contributed by atoms with Crippen LogP contribution >= 0.6 is 0 Å². The van der Waals surface area contributed by atoms with E-state index < -0.39 is 6.03 Å². The highest BCUT2D eigenvalue weighted by molar-refractivity contribution is 6.02. The van der Waals surface area contributed by atoms with Crippen LogP contribution in [0.25, 0.3) is 22.3 Å². The maximum absolute atomic E-state index is 13.7. The topological polar surface area (TPSA) is 148 Å². The van der Waals surface area contributed by atoms with Crippen molar-refractivity contribution in [2.45, 2.75) is 6.92 Å². The van der Waals surface area contributed by atoms with Gasteiger partial charge in [-0.25, -0.2) is 19.7 Å². The van der Waals surface area contributed by atoms with E-state index in [9.17, 15) is 9.59 Å². The van der Waals surface area contributed by atoms with Gasteiger partial charge in [0.25, 0.3) is 5.91 Å². The van der Waals surface area contributed by atoms with Crippen molar-refractivity contribution in [3.05, 3.63) is 54.0 Å². The van der Waals surface area contributed by atoms with Crippen LogP contribution in [0, 0.1) is 6.92 Å². The van der Waals surface area contributed by atoms with Gasteiger partial charge in [-0.05, 0) is 37.7 Å². The number of hydrogen-bond donors (Lipinski definition) is 2. The number of anilines is 3.